The second-order valence-electron chi connectivity index (χ2n) is 12.5. The third-order valence-electron chi connectivity index (χ3n) is 9.65. The molecule has 1 fully saturated rings. The molecule has 3 N–H and O–H groups in total. The van der Waals surface area contributed by atoms with Gasteiger partial charge in [-0.2, -0.15) is 4.98 Å². The summed E-state index contributed by atoms with van der Waals surface area (Å²) in [4.78, 5) is 72.9. The number of allylic oxidation sites excluding steroid dienone is 1. The lowest BCUT2D eigenvalue weighted by Crippen LogP contribution is -2.67. The van der Waals surface area contributed by atoms with Crippen LogP contribution in [0.3, 0.4) is 0 Å². The van der Waals surface area contributed by atoms with E-state index in [2.05, 4.69) is 20.6 Å². The molecular formula is C38H28N6O9S. The summed E-state index contributed by atoms with van der Waals surface area (Å²) in [6, 6.07) is 24.5. The van der Waals surface area contributed by atoms with E-state index in [1.807, 2.05) is 0 Å². The molecule has 1 aliphatic heterocycles. The maximum Gasteiger partial charge on any atom is 0.345 e. The average molecular weight is 745 g/mol. The largest absolute Gasteiger partial charge is 0.497 e. The summed E-state index contributed by atoms with van der Waals surface area (Å²) in [5.74, 6) is -2.90. The number of nitro benzene ring substituents is 2. The summed E-state index contributed by atoms with van der Waals surface area (Å²) in [6.07, 6.45) is 1.63. The fourth-order valence-electron chi connectivity index (χ4n) is 7.30. The lowest BCUT2D eigenvalue weighted by Gasteiger charge is -2.50. The number of aromatic amines is 1. The van der Waals surface area contributed by atoms with Crippen molar-refractivity contribution in [1.29, 1.82) is 0 Å². The first kappa shape index (κ1) is 35.3. The Bertz CT molecular complexity index is 2430. The number of H-pyrrole nitrogens is 1. The highest BCUT2D eigenvalue weighted by Gasteiger charge is 2.65. The number of hydrogen-bond acceptors (Lipinski definition) is 11. The normalized spacial score (nSPS) is 18.0. The van der Waals surface area contributed by atoms with Crippen LogP contribution in [-0.4, -0.2) is 51.0 Å². The number of non-ortho nitro benzene ring substituents is 2. The van der Waals surface area contributed by atoms with Crippen molar-refractivity contribution in [3.63, 3.8) is 0 Å². The number of fused-ring (bicyclic) bond motifs is 1. The van der Waals surface area contributed by atoms with Crippen LogP contribution in [0.15, 0.2) is 102 Å². The molecule has 4 aromatic carbocycles. The third kappa shape index (κ3) is 5.93. The number of nitrogens with one attached hydrogen (secondary N) is 3. The van der Waals surface area contributed by atoms with Crippen LogP contribution in [0.25, 0.3) is 22.9 Å². The van der Waals surface area contributed by atoms with Crippen molar-refractivity contribution in [1.82, 2.24) is 20.6 Å². The number of methoxy groups -OCH3 is 2. The van der Waals surface area contributed by atoms with E-state index in [1.54, 1.807) is 54.6 Å². The van der Waals surface area contributed by atoms with Gasteiger partial charge in [0.05, 0.1) is 35.5 Å². The van der Waals surface area contributed by atoms with E-state index >= 15 is 0 Å². The highest BCUT2D eigenvalue weighted by Crippen LogP contribution is 2.62. The van der Waals surface area contributed by atoms with Crippen LogP contribution in [0.2, 0.25) is 0 Å². The van der Waals surface area contributed by atoms with Crippen LogP contribution in [0.5, 0.6) is 11.5 Å². The van der Waals surface area contributed by atoms with E-state index in [4.69, 9.17) is 21.7 Å². The molecule has 1 aliphatic carbocycles. The van der Waals surface area contributed by atoms with Crippen LogP contribution in [0, 0.1) is 25.6 Å². The standard InChI is InChI=1S/C38H28N6O9S/c1-52-26-15-7-21(8-16-26)30-28(19-20-3-11-24(12-4-20)43(48)49)33-29(32(39-36(47)40-33)23-5-13-25(14-6-23)44(50)51)31(22-9-17-27(53-2)18-10-22)38(30)34(45)41-37(54)42-35(38)46/h3-19,30-31H,1-2H3,(H,39,40,47)(H2,41,42,45,46,54)/b28-19-. The second kappa shape index (κ2) is 13.8. The van der Waals surface area contributed by atoms with E-state index in [1.165, 1.54) is 62.8 Å². The fraction of sp³-hybridized carbons (Fsp3) is 0.132. The molecule has 1 saturated heterocycles. The lowest BCUT2D eigenvalue weighted by atomic mass is 9.52. The number of nitro groups is 2. The van der Waals surface area contributed by atoms with E-state index in [9.17, 15) is 34.6 Å². The molecule has 270 valence electrons. The summed E-state index contributed by atoms with van der Waals surface area (Å²) in [7, 11) is 2.98. The Balaban J connectivity index is 1.66. The average Bonchev–Trinajstić information content (AvgIpc) is 3.17. The van der Waals surface area contributed by atoms with Gasteiger partial charge < -0.3 is 25.1 Å². The van der Waals surface area contributed by atoms with Crippen molar-refractivity contribution < 1.29 is 28.9 Å². The van der Waals surface area contributed by atoms with Gasteiger partial charge in [0.2, 0.25) is 11.8 Å². The van der Waals surface area contributed by atoms with Crippen LogP contribution in [0.1, 0.15) is 39.8 Å². The zero-order valence-electron chi connectivity index (χ0n) is 28.4. The molecule has 0 radical (unpaired) electrons. The van der Waals surface area contributed by atoms with Crippen molar-refractivity contribution >= 4 is 52.2 Å². The number of carbonyl (C=O) groups is 2. The first-order valence-electron chi connectivity index (χ1n) is 16.3. The summed E-state index contributed by atoms with van der Waals surface area (Å²) in [5, 5.41) is 28.3. The first-order valence-corrected chi connectivity index (χ1v) is 16.7. The van der Waals surface area contributed by atoms with Crippen molar-refractivity contribution in [3.05, 3.63) is 156 Å². The van der Waals surface area contributed by atoms with Crippen molar-refractivity contribution in [2.24, 2.45) is 5.41 Å². The first-order chi connectivity index (χ1) is 26.0. The fourth-order valence-corrected chi connectivity index (χ4v) is 7.48. The van der Waals surface area contributed by atoms with E-state index in [-0.39, 0.29) is 39.0 Å². The van der Waals surface area contributed by atoms with Gasteiger partial charge in [-0.3, -0.25) is 29.8 Å². The number of amides is 2. The molecule has 2 amide bonds. The minimum absolute atomic E-state index is 0.117. The van der Waals surface area contributed by atoms with Gasteiger partial charge >= 0.3 is 5.69 Å². The number of nitrogens with zero attached hydrogens (tertiary/aromatic N) is 3. The molecule has 1 aromatic heterocycles. The van der Waals surface area contributed by atoms with Crippen LogP contribution in [-0.2, 0) is 9.59 Å². The van der Waals surface area contributed by atoms with Crippen molar-refractivity contribution in [3.8, 4) is 22.8 Å². The summed E-state index contributed by atoms with van der Waals surface area (Å²) in [6.45, 7) is 0. The Morgan fingerprint density at radius 2 is 1.20 bits per heavy atom. The lowest BCUT2D eigenvalue weighted by molar-refractivity contribution is -0.385. The molecule has 0 saturated carbocycles. The third-order valence-corrected chi connectivity index (χ3v) is 9.85. The Morgan fingerprint density at radius 3 is 1.69 bits per heavy atom. The molecule has 0 bridgehead atoms. The molecule has 15 nitrogen and oxygen atoms in total. The molecular weight excluding hydrogens is 717 g/mol. The zero-order valence-corrected chi connectivity index (χ0v) is 29.2. The van der Waals surface area contributed by atoms with Gasteiger partial charge in [0, 0.05) is 41.7 Å². The zero-order chi connectivity index (χ0) is 38.3. The second-order valence-corrected chi connectivity index (χ2v) is 12.9. The molecule has 5 aromatic rings. The maximum atomic E-state index is 15.0. The molecule has 2 unspecified atom stereocenters. The topological polar surface area (TPSA) is 209 Å². The predicted octanol–water partition coefficient (Wildman–Crippen LogP) is 5.26. The summed E-state index contributed by atoms with van der Waals surface area (Å²) < 4.78 is 10.8. The molecule has 7 rings (SSSR count). The number of thiocarbonyl (C=S) groups is 1. The summed E-state index contributed by atoms with van der Waals surface area (Å²) >= 11 is 5.31. The number of aromatic nitrogens is 2. The quantitative estimate of drug-likeness (QED) is 0.0808. The highest BCUT2D eigenvalue weighted by molar-refractivity contribution is 7.80. The van der Waals surface area contributed by atoms with Gasteiger partial charge in [0.15, 0.2) is 10.5 Å². The van der Waals surface area contributed by atoms with Gasteiger partial charge in [-0.15, -0.1) is 0 Å². The molecule has 2 aliphatic rings. The van der Waals surface area contributed by atoms with Gasteiger partial charge in [-0.1, -0.05) is 24.3 Å². The Morgan fingerprint density at radius 1 is 0.722 bits per heavy atom. The van der Waals surface area contributed by atoms with E-state index in [0.29, 0.717) is 33.8 Å². The predicted molar refractivity (Wildman–Crippen MR) is 200 cm³/mol. The van der Waals surface area contributed by atoms with Crippen molar-refractivity contribution in [2.45, 2.75) is 11.8 Å². The SMILES string of the molecule is COc1ccc(C2/C(=C/c3ccc([N+](=O)[O-])cc3)c3nc(=O)[nH]c(-c4ccc([N+](=O)[O-])cc4)c3C(c3ccc(OC)cc3)C23C(=O)NC(=S)NC3=O)cc1. The number of ether oxygens (including phenoxy) is 2. The monoisotopic (exact) mass is 744 g/mol. The molecule has 54 heavy (non-hydrogen) atoms. The minimum Gasteiger partial charge on any atom is -0.497 e. The van der Waals surface area contributed by atoms with Crippen LogP contribution in [0.4, 0.5) is 11.4 Å². The number of hydrogen-bond donors (Lipinski definition) is 3. The molecule has 2 heterocycles. The van der Waals surface area contributed by atoms with E-state index < -0.39 is 44.6 Å². The van der Waals surface area contributed by atoms with Crippen molar-refractivity contribution in [2.75, 3.05) is 14.2 Å². The number of rotatable bonds is 8. The van der Waals surface area contributed by atoms with Gasteiger partial charge in [0.1, 0.15) is 11.5 Å². The number of carbonyl (C=O) groups excluding carboxylic acids is 2. The maximum absolute atomic E-state index is 15.0. The minimum atomic E-state index is -2.10. The smallest absolute Gasteiger partial charge is 0.345 e. The number of benzene rings is 4. The Labute approximate surface area is 311 Å². The van der Waals surface area contributed by atoms with Crippen LogP contribution < -0.4 is 25.8 Å². The van der Waals surface area contributed by atoms with Gasteiger partial charge in [0.25, 0.3) is 11.4 Å². The molecule has 16 heteroatoms. The molecule has 1 spiro atoms. The highest BCUT2D eigenvalue weighted by atomic mass is 32.1. The summed E-state index contributed by atoms with van der Waals surface area (Å²) in [5.41, 5.74) is -0.796. The molecule has 2 atom stereocenters. The Kier molecular flexibility index (Phi) is 9.04. The Hall–Kier alpha value is -7.07. The van der Waals surface area contributed by atoms with E-state index in [0.717, 1.165) is 0 Å². The van der Waals surface area contributed by atoms with Crippen LogP contribution >= 0.6 is 12.2 Å². The van der Waals surface area contributed by atoms with Gasteiger partial charge in [-0.25, -0.2) is 4.79 Å². The van der Waals surface area contributed by atoms with Gasteiger partial charge in [-0.05, 0) is 94.7 Å².